The third kappa shape index (κ3) is 8.62. The zero-order chi connectivity index (χ0) is 38.6. The Labute approximate surface area is 323 Å². The standard InChI is InChI=1S/C39H42N8O5S2/c1-5-9-11-25(7-3)38(49)52-18-17-46(8-4)28-14-12-27(13-15-28)44-45-39-43-24-30(53-39)35-33-34(51-20-19-50-33)36(54-35)31-29(23-42)32(26(21-40)22-41)47(37(31)48)16-10-6-2/h12-15,24-25H,5-11,16-20H2,1-4H3/b45-44+. The number of aromatic nitrogens is 1. The van der Waals surface area contributed by atoms with Crippen molar-refractivity contribution < 1.29 is 23.8 Å². The Bertz CT molecular complexity index is 2050. The van der Waals surface area contributed by atoms with Crippen molar-refractivity contribution in [1.29, 1.82) is 15.8 Å². The van der Waals surface area contributed by atoms with Crippen molar-refractivity contribution in [3.8, 4) is 39.5 Å². The first kappa shape index (κ1) is 39.6. The van der Waals surface area contributed by atoms with E-state index in [2.05, 4.69) is 40.0 Å². The summed E-state index contributed by atoms with van der Waals surface area (Å²) in [6.07, 6.45) is 6.76. The number of carbonyl (C=O) groups excluding carboxylic acids is 2. The van der Waals surface area contributed by atoms with E-state index >= 15 is 0 Å². The van der Waals surface area contributed by atoms with Crippen molar-refractivity contribution in [2.24, 2.45) is 16.1 Å². The Kier molecular flexibility index (Phi) is 13.9. The van der Waals surface area contributed by atoms with Gasteiger partial charge in [-0.1, -0.05) is 51.4 Å². The van der Waals surface area contributed by atoms with Crippen molar-refractivity contribution in [2.45, 2.75) is 66.2 Å². The fourth-order valence-corrected chi connectivity index (χ4v) is 8.21. The molecule has 2 aromatic heterocycles. The lowest BCUT2D eigenvalue weighted by Gasteiger charge is -2.23. The number of thiophene rings is 1. The van der Waals surface area contributed by atoms with E-state index in [4.69, 9.17) is 14.2 Å². The molecule has 15 heteroatoms. The number of hydrogen-bond donors (Lipinski definition) is 0. The number of azo groups is 1. The van der Waals surface area contributed by atoms with Crippen LogP contribution in [-0.2, 0) is 14.3 Å². The summed E-state index contributed by atoms with van der Waals surface area (Å²) in [5.74, 6) is 0.121. The molecule has 1 aromatic carbocycles. The Morgan fingerprint density at radius 3 is 2.33 bits per heavy atom. The van der Waals surface area contributed by atoms with E-state index in [-0.39, 0.29) is 54.1 Å². The van der Waals surface area contributed by atoms with Gasteiger partial charge in [-0.15, -0.1) is 21.6 Å². The van der Waals surface area contributed by atoms with Crippen LogP contribution in [0.1, 0.15) is 71.1 Å². The van der Waals surface area contributed by atoms with Gasteiger partial charge >= 0.3 is 5.97 Å². The van der Waals surface area contributed by atoms with Crippen molar-refractivity contribution >= 4 is 56.6 Å². The van der Waals surface area contributed by atoms with Gasteiger partial charge in [0.25, 0.3) is 5.91 Å². The first-order valence-electron chi connectivity index (χ1n) is 18.2. The number of unbranched alkanes of at least 4 members (excludes halogenated alkanes) is 2. The number of nitrogens with zero attached hydrogens (tertiary/aromatic N) is 8. The number of fused-ring (bicyclic) bond motifs is 1. The number of likely N-dealkylation sites (N-methyl/N-ethyl adjacent to an activating group) is 1. The number of amides is 1. The van der Waals surface area contributed by atoms with E-state index in [0.29, 0.717) is 56.5 Å². The Morgan fingerprint density at radius 1 is 1.00 bits per heavy atom. The molecule has 1 atom stereocenters. The summed E-state index contributed by atoms with van der Waals surface area (Å²) in [5, 5.41) is 38.8. The molecule has 2 aliphatic heterocycles. The summed E-state index contributed by atoms with van der Waals surface area (Å²) in [7, 11) is 0. The lowest BCUT2D eigenvalue weighted by Crippen LogP contribution is -2.29. The maximum atomic E-state index is 13.9. The highest BCUT2D eigenvalue weighted by Gasteiger charge is 2.42. The topological polar surface area (TPSA) is 177 Å². The molecule has 5 rings (SSSR count). The van der Waals surface area contributed by atoms with E-state index in [1.54, 1.807) is 6.20 Å². The molecule has 0 aliphatic carbocycles. The van der Waals surface area contributed by atoms with E-state index in [1.807, 2.05) is 50.3 Å². The average Bonchev–Trinajstić information content (AvgIpc) is 3.90. The molecular weight excluding hydrogens is 725 g/mol. The van der Waals surface area contributed by atoms with E-state index in [9.17, 15) is 25.4 Å². The average molecular weight is 767 g/mol. The number of anilines is 1. The van der Waals surface area contributed by atoms with E-state index < -0.39 is 5.91 Å². The van der Waals surface area contributed by atoms with Crippen LogP contribution in [0.2, 0.25) is 0 Å². The normalized spacial score (nSPS) is 14.2. The molecule has 3 aromatic rings. The summed E-state index contributed by atoms with van der Waals surface area (Å²) in [4.78, 5) is 36.1. The van der Waals surface area contributed by atoms with Crippen LogP contribution in [0.5, 0.6) is 11.5 Å². The second-order valence-corrected chi connectivity index (χ2v) is 14.5. The van der Waals surface area contributed by atoms with Crippen LogP contribution >= 0.6 is 22.7 Å². The summed E-state index contributed by atoms with van der Waals surface area (Å²) in [6.45, 7) is 10.6. The Balaban J connectivity index is 1.34. The molecule has 2 aliphatic rings. The molecule has 0 N–H and O–H groups in total. The molecule has 0 saturated carbocycles. The first-order valence-corrected chi connectivity index (χ1v) is 19.8. The van der Waals surface area contributed by atoms with Crippen LogP contribution in [0, 0.1) is 39.9 Å². The summed E-state index contributed by atoms with van der Waals surface area (Å²) >= 11 is 2.50. The number of ether oxygens (including phenoxy) is 3. The van der Waals surface area contributed by atoms with Gasteiger partial charge in [-0.2, -0.15) is 15.8 Å². The molecule has 4 heterocycles. The van der Waals surface area contributed by atoms with Gasteiger partial charge < -0.3 is 24.0 Å². The molecule has 0 spiro atoms. The summed E-state index contributed by atoms with van der Waals surface area (Å²) in [5.41, 5.74) is 1.37. The number of nitriles is 3. The van der Waals surface area contributed by atoms with Crippen molar-refractivity contribution in [3.63, 3.8) is 0 Å². The molecule has 1 unspecified atom stereocenters. The lowest BCUT2D eigenvalue weighted by molar-refractivity contribution is -0.148. The zero-order valence-corrected chi connectivity index (χ0v) is 32.5. The van der Waals surface area contributed by atoms with Crippen LogP contribution in [-0.4, -0.2) is 61.2 Å². The molecule has 0 fully saturated rings. The largest absolute Gasteiger partial charge is 0.485 e. The lowest BCUT2D eigenvalue weighted by atomic mass is 10.00. The van der Waals surface area contributed by atoms with Crippen molar-refractivity contribution in [1.82, 2.24) is 9.88 Å². The number of benzene rings is 1. The maximum Gasteiger partial charge on any atom is 0.308 e. The number of esters is 1. The minimum Gasteiger partial charge on any atom is -0.485 e. The van der Waals surface area contributed by atoms with Gasteiger partial charge in [-0.25, -0.2) is 4.98 Å². The third-order valence-electron chi connectivity index (χ3n) is 9.05. The highest BCUT2D eigenvalue weighted by atomic mass is 32.1. The minimum absolute atomic E-state index is 0.0241. The van der Waals surface area contributed by atoms with E-state index in [0.717, 1.165) is 44.3 Å². The fourth-order valence-electron chi connectivity index (χ4n) is 6.14. The van der Waals surface area contributed by atoms with E-state index in [1.165, 1.54) is 27.6 Å². The molecule has 0 radical (unpaired) electrons. The molecule has 280 valence electrons. The number of hydrogen-bond acceptors (Lipinski definition) is 14. The Hall–Kier alpha value is -5.56. The zero-order valence-electron chi connectivity index (χ0n) is 30.9. The predicted molar refractivity (Wildman–Crippen MR) is 207 cm³/mol. The smallest absolute Gasteiger partial charge is 0.308 e. The fraction of sp³-hybridized carbons (Fsp3) is 0.436. The minimum atomic E-state index is -0.471. The molecule has 54 heavy (non-hydrogen) atoms. The first-order chi connectivity index (χ1) is 26.3. The van der Waals surface area contributed by atoms with Crippen LogP contribution in [0.15, 0.2) is 57.5 Å². The second kappa shape index (κ2) is 19.0. The van der Waals surface area contributed by atoms with Crippen LogP contribution < -0.4 is 14.4 Å². The Morgan fingerprint density at radius 2 is 1.70 bits per heavy atom. The highest BCUT2D eigenvalue weighted by molar-refractivity contribution is 7.24. The SMILES string of the molecule is CCCCC(CC)C(=O)OCCN(CC)c1ccc(/N=N/c2ncc(-c3sc(C4=C(C#N)C(=C(C#N)C#N)N(CCCC)C4=O)c4c3OCCO4)s2)cc1. The van der Waals surface area contributed by atoms with Crippen LogP contribution in [0.25, 0.3) is 15.3 Å². The summed E-state index contributed by atoms with van der Waals surface area (Å²) < 4.78 is 17.7. The molecule has 0 bridgehead atoms. The number of allylic oxidation sites excluding steroid dienone is 2. The van der Waals surface area contributed by atoms with Crippen LogP contribution in [0.4, 0.5) is 16.5 Å². The van der Waals surface area contributed by atoms with Crippen LogP contribution in [0.3, 0.4) is 0 Å². The molecule has 1 amide bonds. The monoisotopic (exact) mass is 766 g/mol. The third-order valence-corrected chi connectivity index (χ3v) is 11.3. The van der Waals surface area contributed by atoms with Crippen molar-refractivity contribution in [2.75, 3.05) is 44.4 Å². The maximum absolute atomic E-state index is 13.9. The van der Waals surface area contributed by atoms with Gasteiger partial charge in [-0.3, -0.25) is 9.59 Å². The predicted octanol–water partition coefficient (Wildman–Crippen LogP) is 8.86. The van der Waals surface area contributed by atoms with Gasteiger partial charge in [0, 0.05) is 25.0 Å². The van der Waals surface area contributed by atoms with Gasteiger partial charge in [-0.05, 0) is 50.5 Å². The van der Waals surface area contributed by atoms with Gasteiger partial charge in [0.15, 0.2) is 17.1 Å². The second-order valence-electron chi connectivity index (χ2n) is 12.5. The quantitative estimate of drug-likeness (QED) is 0.0732. The number of carbonyl (C=O) groups is 2. The summed E-state index contributed by atoms with van der Waals surface area (Å²) in [6, 6.07) is 13.4. The van der Waals surface area contributed by atoms with Gasteiger partial charge in [0.05, 0.1) is 49.6 Å². The molecule has 13 nitrogen and oxygen atoms in total. The molecule has 0 saturated heterocycles. The molecular formula is C39H42N8O5S2. The highest BCUT2D eigenvalue weighted by Crippen LogP contribution is 2.55. The number of thiazole rings is 1. The van der Waals surface area contributed by atoms with Gasteiger partial charge in [0.2, 0.25) is 5.13 Å². The van der Waals surface area contributed by atoms with Crippen molar-refractivity contribution in [3.05, 3.63) is 52.2 Å². The van der Waals surface area contributed by atoms with Gasteiger partial charge in [0.1, 0.15) is 38.0 Å². The number of rotatable bonds is 17.